The highest BCUT2D eigenvalue weighted by atomic mass is 16.4. The second-order valence-corrected chi connectivity index (χ2v) is 2.68. The summed E-state index contributed by atoms with van der Waals surface area (Å²) in [6, 6.07) is 0. The maximum absolute atomic E-state index is 11.2. The van der Waals surface area contributed by atoms with Crippen LogP contribution in [0.5, 0.6) is 0 Å². The monoisotopic (exact) mass is 198 g/mol. The lowest BCUT2D eigenvalue weighted by atomic mass is 10.4. The van der Waals surface area contributed by atoms with Gasteiger partial charge in [-0.15, -0.1) is 5.10 Å². The molecule has 2 N–H and O–H groups in total. The van der Waals surface area contributed by atoms with Crippen molar-refractivity contribution in [3.05, 3.63) is 11.9 Å². The molecule has 7 nitrogen and oxygen atoms in total. The molecule has 0 saturated carbocycles. The van der Waals surface area contributed by atoms with E-state index in [4.69, 9.17) is 5.11 Å². The van der Waals surface area contributed by atoms with Gasteiger partial charge in [0.15, 0.2) is 5.69 Å². The van der Waals surface area contributed by atoms with E-state index >= 15 is 0 Å². The number of aliphatic carboxylic acids is 1. The largest absolute Gasteiger partial charge is 0.481 e. The predicted octanol–water partition coefficient (Wildman–Crippen LogP) is -0.980. The fourth-order valence-electron chi connectivity index (χ4n) is 0.825. The summed E-state index contributed by atoms with van der Waals surface area (Å²) in [6.07, 6.45) is 1.35. The lowest BCUT2D eigenvalue weighted by molar-refractivity contribution is -0.136. The second-order valence-electron chi connectivity index (χ2n) is 2.68. The zero-order chi connectivity index (χ0) is 10.6. The van der Waals surface area contributed by atoms with Gasteiger partial charge in [0.25, 0.3) is 5.91 Å². The number of carboxylic acids is 1. The highest BCUT2D eigenvalue weighted by Crippen LogP contribution is 1.90. The average molecular weight is 198 g/mol. The fraction of sp³-hybridized carbons (Fsp3) is 0.429. The van der Waals surface area contributed by atoms with Crippen molar-refractivity contribution in [2.45, 2.75) is 6.42 Å². The van der Waals surface area contributed by atoms with Crippen molar-refractivity contribution in [3.8, 4) is 0 Å². The molecule has 0 aliphatic carbocycles. The third kappa shape index (κ3) is 2.85. The van der Waals surface area contributed by atoms with Crippen molar-refractivity contribution in [2.75, 3.05) is 6.54 Å². The number of hydrogen-bond donors (Lipinski definition) is 2. The third-order valence-electron chi connectivity index (χ3n) is 1.46. The summed E-state index contributed by atoms with van der Waals surface area (Å²) < 4.78 is 1.39. The Morgan fingerprint density at radius 1 is 1.64 bits per heavy atom. The molecule has 76 valence electrons. The molecule has 0 aliphatic rings. The topological polar surface area (TPSA) is 97.1 Å². The number of rotatable bonds is 4. The first-order chi connectivity index (χ1) is 6.59. The van der Waals surface area contributed by atoms with Gasteiger partial charge in [-0.3, -0.25) is 14.3 Å². The summed E-state index contributed by atoms with van der Waals surface area (Å²) in [5.41, 5.74) is 0.179. The Hall–Kier alpha value is -1.92. The first kappa shape index (κ1) is 10.2. The second kappa shape index (κ2) is 4.35. The summed E-state index contributed by atoms with van der Waals surface area (Å²) >= 11 is 0. The van der Waals surface area contributed by atoms with E-state index < -0.39 is 11.9 Å². The molecule has 1 amide bonds. The van der Waals surface area contributed by atoms with E-state index in [1.165, 1.54) is 10.9 Å². The quantitative estimate of drug-likeness (QED) is 0.648. The molecule has 0 bridgehead atoms. The van der Waals surface area contributed by atoms with Crippen LogP contribution in [0.15, 0.2) is 6.20 Å². The van der Waals surface area contributed by atoms with Crippen LogP contribution in [0.25, 0.3) is 0 Å². The molecule has 14 heavy (non-hydrogen) atoms. The van der Waals surface area contributed by atoms with Gasteiger partial charge in [-0.1, -0.05) is 5.21 Å². The molecule has 1 aromatic rings. The Morgan fingerprint density at radius 2 is 2.36 bits per heavy atom. The van der Waals surface area contributed by atoms with Crippen LogP contribution in [0.2, 0.25) is 0 Å². The number of amides is 1. The van der Waals surface area contributed by atoms with Gasteiger partial charge in [0, 0.05) is 13.6 Å². The lowest BCUT2D eigenvalue weighted by Gasteiger charge is -1.98. The summed E-state index contributed by atoms with van der Waals surface area (Å²) in [7, 11) is 1.64. The molecule has 0 aliphatic heterocycles. The number of hydrogen-bond acceptors (Lipinski definition) is 4. The van der Waals surface area contributed by atoms with Gasteiger partial charge in [0.2, 0.25) is 0 Å². The van der Waals surface area contributed by atoms with E-state index in [0.29, 0.717) is 0 Å². The molecule has 0 radical (unpaired) electrons. The zero-order valence-electron chi connectivity index (χ0n) is 7.60. The van der Waals surface area contributed by atoms with Crippen molar-refractivity contribution < 1.29 is 14.7 Å². The van der Waals surface area contributed by atoms with E-state index in [2.05, 4.69) is 15.6 Å². The summed E-state index contributed by atoms with van der Waals surface area (Å²) in [5.74, 6) is -1.37. The fourth-order valence-corrected chi connectivity index (χ4v) is 0.825. The molecule has 0 unspecified atom stereocenters. The zero-order valence-corrected chi connectivity index (χ0v) is 7.60. The summed E-state index contributed by atoms with van der Waals surface area (Å²) in [4.78, 5) is 21.4. The van der Waals surface area contributed by atoms with Gasteiger partial charge in [0.05, 0.1) is 12.6 Å². The van der Waals surface area contributed by atoms with Crippen LogP contribution < -0.4 is 5.32 Å². The Balaban J connectivity index is 2.39. The highest BCUT2D eigenvalue weighted by molar-refractivity contribution is 5.91. The summed E-state index contributed by atoms with van der Waals surface area (Å²) in [6.45, 7) is 0.0880. The molecule has 0 saturated heterocycles. The number of aromatic nitrogens is 3. The van der Waals surface area contributed by atoms with Gasteiger partial charge in [0.1, 0.15) is 0 Å². The van der Waals surface area contributed by atoms with Crippen LogP contribution in [0.1, 0.15) is 16.9 Å². The molecular weight excluding hydrogens is 188 g/mol. The lowest BCUT2D eigenvalue weighted by Crippen LogP contribution is -2.26. The molecule has 1 heterocycles. The minimum atomic E-state index is -0.954. The molecule has 0 fully saturated rings. The highest BCUT2D eigenvalue weighted by Gasteiger charge is 2.09. The standard InChI is InChI=1S/C7H10N4O3/c1-11-4-5(9-10-11)7(14)8-3-2-6(12)13/h4H,2-3H2,1H3,(H,8,14)(H,12,13). The van der Waals surface area contributed by atoms with Crippen LogP contribution in [0.4, 0.5) is 0 Å². The van der Waals surface area contributed by atoms with Crippen molar-refractivity contribution in [2.24, 2.45) is 7.05 Å². The number of carbonyl (C=O) groups is 2. The minimum absolute atomic E-state index is 0.0880. The SMILES string of the molecule is Cn1cc(C(=O)NCCC(=O)O)nn1. The molecule has 0 aromatic carbocycles. The van der Waals surface area contributed by atoms with Gasteiger partial charge < -0.3 is 10.4 Å². The van der Waals surface area contributed by atoms with Crippen LogP contribution in [0.3, 0.4) is 0 Å². The molecule has 7 heteroatoms. The van der Waals surface area contributed by atoms with Crippen molar-refractivity contribution >= 4 is 11.9 Å². The number of nitrogens with one attached hydrogen (secondary N) is 1. The van der Waals surface area contributed by atoms with Crippen molar-refractivity contribution in [3.63, 3.8) is 0 Å². The van der Waals surface area contributed by atoms with Crippen molar-refractivity contribution in [1.82, 2.24) is 20.3 Å². The predicted molar refractivity (Wildman–Crippen MR) is 45.6 cm³/mol. The molecule has 1 aromatic heterocycles. The number of nitrogens with zero attached hydrogens (tertiary/aromatic N) is 3. The number of carboxylic acid groups (broad SMARTS) is 1. The van der Waals surface area contributed by atoms with E-state index in [9.17, 15) is 9.59 Å². The van der Waals surface area contributed by atoms with Gasteiger partial charge in [-0.05, 0) is 0 Å². The molecule has 0 atom stereocenters. The molecular formula is C7H10N4O3. The number of carbonyl (C=O) groups excluding carboxylic acids is 1. The van der Waals surface area contributed by atoms with Gasteiger partial charge in [-0.25, -0.2) is 0 Å². The van der Waals surface area contributed by atoms with Crippen LogP contribution >= 0.6 is 0 Å². The normalized spacial score (nSPS) is 9.79. The summed E-state index contributed by atoms with van der Waals surface area (Å²) in [5, 5.41) is 17.9. The van der Waals surface area contributed by atoms with E-state index in [1.54, 1.807) is 7.05 Å². The Labute approximate surface area is 79.7 Å². The van der Waals surface area contributed by atoms with Gasteiger partial charge in [-0.2, -0.15) is 0 Å². The van der Waals surface area contributed by atoms with Gasteiger partial charge >= 0.3 is 5.97 Å². The maximum atomic E-state index is 11.2. The van der Waals surface area contributed by atoms with Crippen molar-refractivity contribution in [1.29, 1.82) is 0 Å². The third-order valence-corrected chi connectivity index (χ3v) is 1.46. The maximum Gasteiger partial charge on any atom is 0.305 e. The first-order valence-electron chi connectivity index (χ1n) is 3.96. The van der Waals surface area contributed by atoms with E-state index in [0.717, 1.165) is 0 Å². The first-order valence-corrected chi connectivity index (χ1v) is 3.96. The molecule has 1 rings (SSSR count). The molecule has 0 spiro atoms. The van der Waals surface area contributed by atoms with E-state index in [-0.39, 0.29) is 18.7 Å². The van der Waals surface area contributed by atoms with Crippen LogP contribution in [0, 0.1) is 0 Å². The Kier molecular flexibility index (Phi) is 3.16. The Bertz CT molecular complexity index is 346. The minimum Gasteiger partial charge on any atom is -0.481 e. The average Bonchev–Trinajstić information content (AvgIpc) is 2.51. The number of aryl methyl sites for hydroxylation is 1. The van der Waals surface area contributed by atoms with Crippen LogP contribution in [-0.2, 0) is 11.8 Å². The van der Waals surface area contributed by atoms with E-state index in [1.807, 2.05) is 0 Å². The Morgan fingerprint density at radius 3 is 2.86 bits per heavy atom. The van der Waals surface area contributed by atoms with Crippen LogP contribution in [-0.4, -0.2) is 38.5 Å². The smallest absolute Gasteiger partial charge is 0.305 e.